The smallest absolute Gasteiger partial charge is 0.329 e. The Morgan fingerprint density at radius 1 is 1.29 bits per heavy atom. The van der Waals surface area contributed by atoms with Crippen molar-refractivity contribution in [1.29, 1.82) is 0 Å². The summed E-state index contributed by atoms with van der Waals surface area (Å²) in [5, 5.41) is 11.8. The Bertz CT molecular complexity index is 273. The number of amides is 1. The molecule has 0 heterocycles. The minimum Gasteiger partial charge on any atom is -0.479 e. The Hall–Kier alpha value is -1.06. The number of carboxylic acid groups (broad SMARTS) is 1. The van der Waals surface area contributed by atoms with E-state index in [9.17, 15) is 14.7 Å². The van der Waals surface area contributed by atoms with Crippen LogP contribution in [-0.2, 0) is 9.59 Å². The molecule has 1 fully saturated rings. The van der Waals surface area contributed by atoms with Gasteiger partial charge in [0.1, 0.15) is 5.54 Å². The lowest BCUT2D eigenvalue weighted by Crippen LogP contribution is -2.60. The van der Waals surface area contributed by atoms with Crippen molar-refractivity contribution in [3.8, 4) is 0 Å². The average Bonchev–Trinajstić information content (AvgIpc) is 2.26. The molecule has 0 aromatic carbocycles. The molecule has 0 spiro atoms. The summed E-state index contributed by atoms with van der Waals surface area (Å²) in [6.07, 6.45) is 2.20. The van der Waals surface area contributed by atoms with Crippen LogP contribution in [0.25, 0.3) is 0 Å². The Morgan fingerprint density at radius 2 is 1.86 bits per heavy atom. The number of aliphatic carboxylic acids is 1. The Morgan fingerprint density at radius 3 is 2.14 bits per heavy atom. The number of carbonyl (C=O) groups excluding carboxylic acids is 1. The summed E-state index contributed by atoms with van der Waals surface area (Å²) in [6, 6.07) is 0. The quantitative estimate of drug-likeness (QED) is 0.701. The van der Waals surface area contributed by atoms with E-state index >= 15 is 0 Å². The van der Waals surface area contributed by atoms with Crippen molar-refractivity contribution in [2.24, 2.45) is 5.41 Å². The number of rotatable bonds is 2. The molecular formula is C10H17NO3. The average molecular weight is 199 g/mol. The highest BCUT2D eigenvalue weighted by molar-refractivity contribution is 5.87. The third kappa shape index (κ3) is 1.49. The predicted octanol–water partition coefficient (Wildman–Crippen LogP) is 1.16. The molecule has 4 nitrogen and oxygen atoms in total. The standard InChI is InChI=1S/C10H17NO3/c1-7(12)11-10(8(13)14)6-4-5-9(10,2)3/h4-6H2,1-3H3,(H,11,12)(H,13,14). The fourth-order valence-electron chi connectivity index (χ4n) is 2.33. The molecule has 0 bridgehead atoms. The molecule has 0 aromatic rings. The lowest BCUT2D eigenvalue weighted by atomic mass is 9.75. The third-order valence-electron chi connectivity index (χ3n) is 3.26. The van der Waals surface area contributed by atoms with Gasteiger partial charge in [0.2, 0.25) is 5.91 Å². The van der Waals surface area contributed by atoms with Gasteiger partial charge in [-0.1, -0.05) is 13.8 Å². The maximum Gasteiger partial charge on any atom is 0.329 e. The molecule has 1 atom stereocenters. The fraction of sp³-hybridized carbons (Fsp3) is 0.800. The van der Waals surface area contributed by atoms with Crippen LogP contribution < -0.4 is 5.32 Å². The summed E-state index contributed by atoms with van der Waals surface area (Å²) in [5.41, 5.74) is -1.44. The number of hydrogen-bond donors (Lipinski definition) is 2. The maximum absolute atomic E-state index is 11.3. The first-order valence-electron chi connectivity index (χ1n) is 4.84. The molecule has 2 N–H and O–H groups in total. The van der Waals surface area contributed by atoms with Crippen molar-refractivity contribution in [2.75, 3.05) is 0 Å². The van der Waals surface area contributed by atoms with Crippen LogP contribution in [0.5, 0.6) is 0 Å². The highest BCUT2D eigenvalue weighted by Gasteiger charge is 2.55. The second-order valence-electron chi connectivity index (χ2n) is 4.63. The molecule has 4 heteroatoms. The van der Waals surface area contributed by atoms with Crippen LogP contribution in [0.2, 0.25) is 0 Å². The van der Waals surface area contributed by atoms with Gasteiger partial charge >= 0.3 is 5.97 Å². The molecule has 1 aliphatic carbocycles. The molecule has 1 unspecified atom stereocenters. The van der Waals surface area contributed by atoms with Crippen molar-refractivity contribution in [3.05, 3.63) is 0 Å². The van der Waals surface area contributed by atoms with Crippen LogP contribution in [0, 0.1) is 5.41 Å². The van der Waals surface area contributed by atoms with E-state index in [1.807, 2.05) is 13.8 Å². The maximum atomic E-state index is 11.3. The van der Waals surface area contributed by atoms with Gasteiger partial charge in [-0.25, -0.2) is 4.79 Å². The number of carbonyl (C=O) groups is 2. The summed E-state index contributed by atoms with van der Waals surface area (Å²) >= 11 is 0. The largest absolute Gasteiger partial charge is 0.479 e. The molecule has 0 saturated heterocycles. The Balaban J connectivity index is 3.04. The van der Waals surface area contributed by atoms with Crippen molar-refractivity contribution >= 4 is 11.9 Å². The van der Waals surface area contributed by atoms with Crippen LogP contribution in [-0.4, -0.2) is 22.5 Å². The Kier molecular flexibility index (Phi) is 2.56. The molecule has 0 radical (unpaired) electrons. The molecule has 14 heavy (non-hydrogen) atoms. The van der Waals surface area contributed by atoms with Crippen LogP contribution in [0.1, 0.15) is 40.0 Å². The van der Waals surface area contributed by atoms with Gasteiger partial charge in [-0.15, -0.1) is 0 Å². The first kappa shape index (κ1) is 11.0. The van der Waals surface area contributed by atoms with Gasteiger partial charge in [0, 0.05) is 6.92 Å². The summed E-state index contributed by atoms with van der Waals surface area (Å²) in [7, 11) is 0. The first-order chi connectivity index (χ1) is 6.32. The van der Waals surface area contributed by atoms with Crippen LogP contribution in [0.4, 0.5) is 0 Å². The second-order valence-corrected chi connectivity index (χ2v) is 4.63. The van der Waals surface area contributed by atoms with E-state index in [4.69, 9.17) is 0 Å². The van der Waals surface area contributed by atoms with E-state index in [2.05, 4.69) is 5.32 Å². The molecule has 1 aliphatic rings. The number of nitrogens with one attached hydrogen (secondary N) is 1. The zero-order valence-electron chi connectivity index (χ0n) is 8.89. The van der Waals surface area contributed by atoms with E-state index in [1.165, 1.54) is 6.92 Å². The Labute approximate surface area is 83.7 Å². The van der Waals surface area contributed by atoms with Gasteiger partial charge in [0.15, 0.2) is 0 Å². The molecular weight excluding hydrogens is 182 g/mol. The highest BCUT2D eigenvalue weighted by Crippen LogP contribution is 2.46. The monoisotopic (exact) mass is 199 g/mol. The first-order valence-corrected chi connectivity index (χ1v) is 4.84. The molecule has 1 saturated carbocycles. The van der Waals surface area contributed by atoms with Crippen LogP contribution in [0.3, 0.4) is 0 Å². The van der Waals surface area contributed by atoms with Gasteiger partial charge in [0.25, 0.3) is 0 Å². The van der Waals surface area contributed by atoms with E-state index in [-0.39, 0.29) is 11.3 Å². The van der Waals surface area contributed by atoms with Gasteiger partial charge in [-0.3, -0.25) is 4.79 Å². The van der Waals surface area contributed by atoms with E-state index in [1.54, 1.807) is 0 Å². The lowest BCUT2D eigenvalue weighted by Gasteiger charge is -2.38. The summed E-state index contributed by atoms with van der Waals surface area (Å²) in [4.78, 5) is 22.3. The topological polar surface area (TPSA) is 66.4 Å². The van der Waals surface area contributed by atoms with E-state index in [0.29, 0.717) is 6.42 Å². The minimum absolute atomic E-state index is 0.276. The predicted molar refractivity (Wildman–Crippen MR) is 51.8 cm³/mol. The molecule has 1 rings (SSSR count). The summed E-state index contributed by atoms with van der Waals surface area (Å²) in [6.45, 7) is 5.15. The van der Waals surface area contributed by atoms with Crippen LogP contribution in [0.15, 0.2) is 0 Å². The second kappa shape index (κ2) is 3.26. The minimum atomic E-state index is -1.07. The SMILES string of the molecule is CC(=O)NC1(C(=O)O)CCCC1(C)C. The zero-order chi connectivity index (χ0) is 11.0. The molecule has 80 valence electrons. The van der Waals surface area contributed by atoms with Gasteiger partial charge in [-0.2, -0.15) is 0 Å². The fourth-order valence-corrected chi connectivity index (χ4v) is 2.33. The third-order valence-corrected chi connectivity index (χ3v) is 3.26. The van der Waals surface area contributed by atoms with Crippen molar-refractivity contribution in [1.82, 2.24) is 5.32 Å². The molecule has 0 aliphatic heterocycles. The molecule has 1 amide bonds. The zero-order valence-corrected chi connectivity index (χ0v) is 8.89. The lowest BCUT2D eigenvalue weighted by molar-refractivity contribution is -0.151. The molecule has 0 aromatic heterocycles. The highest BCUT2D eigenvalue weighted by atomic mass is 16.4. The number of carboxylic acids is 1. The van der Waals surface area contributed by atoms with Crippen molar-refractivity contribution in [3.63, 3.8) is 0 Å². The van der Waals surface area contributed by atoms with E-state index in [0.717, 1.165) is 12.8 Å². The van der Waals surface area contributed by atoms with E-state index < -0.39 is 11.5 Å². The van der Waals surface area contributed by atoms with Gasteiger partial charge < -0.3 is 10.4 Å². The van der Waals surface area contributed by atoms with Crippen LogP contribution >= 0.6 is 0 Å². The van der Waals surface area contributed by atoms with Crippen molar-refractivity contribution < 1.29 is 14.7 Å². The van der Waals surface area contributed by atoms with Gasteiger partial charge in [0.05, 0.1) is 0 Å². The summed E-state index contributed by atoms with van der Waals surface area (Å²) < 4.78 is 0. The number of hydrogen-bond acceptors (Lipinski definition) is 2. The normalized spacial score (nSPS) is 29.9. The summed E-state index contributed by atoms with van der Waals surface area (Å²) in [5.74, 6) is -1.20. The van der Waals surface area contributed by atoms with Gasteiger partial charge in [-0.05, 0) is 24.7 Å². The van der Waals surface area contributed by atoms with Crippen molar-refractivity contribution in [2.45, 2.75) is 45.6 Å².